The van der Waals surface area contributed by atoms with Gasteiger partial charge in [0, 0.05) is 24.8 Å². The number of halogens is 2. The van der Waals surface area contributed by atoms with E-state index in [4.69, 9.17) is 11.6 Å². The molecule has 0 fully saturated rings. The first-order valence-corrected chi connectivity index (χ1v) is 9.63. The van der Waals surface area contributed by atoms with E-state index in [2.05, 4.69) is 38.1 Å². The van der Waals surface area contributed by atoms with Crippen LogP contribution in [-0.4, -0.2) is 38.4 Å². The molecule has 1 unspecified atom stereocenters. The monoisotopic (exact) mass is 399 g/mol. The van der Waals surface area contributed by atoms with Crippen LogP contribution < -0.4 is 10.6 Å². The first-order chi connectivity index (χ1) is 9.34. The fourth-order valence-electron chi connectivity index (χ4n) is 1.29. The molecule has 1 aliphatic heterocycles. The Morgan fingerprint density at radius 2 is 2.45 bits per heavy atom. The van der Waals surface area contributed by atoms with E-state index in [1.54, 1.807) is 6.20 Å². The van der Waals surface area contributed by atoms with Gasteiger partial charge in [0.05, 0.1) is 8.72 Å². The van der Waals surface area contributed by atoms with E-state index < -0.39 is 9.84 Å². The Morgan fingerprint density at radius 1 is 1.75 bits per heavy atom. The highest BCUT2D eigenvalue weighted by Gasteiger charge is 2.15. The van der Waals surface area contributed by atoms with E-state index in [1.165, 1.54) is 30.2 Å². The van der Waals surface area contributed by atoms with Crippen molar-refractivity contribution in [1.29, 1.82) is 0 Å². The predicted molar refractivity (Wildman–Crippen MR) is 90.8 cm³/mol. The van der Waals surface area contributed by atoms with Gasteiger partial charge in [-0.2, -0.15) is 0 Å². The first kappa shape index (κ1) is 17.8. The number of aliphatic imine (C=N–C) groups is 1. The minimum Gasteiger partial charge on any atom is -0.336 e. The van der Waals surface area contributed by atoms with Gasteiger partial charge in [-0.15, -0.1) is 11.8 Å². The summed E-state index contributed by atoms with van der Waals surface area (Å²) in [4.78, 5) is 4.15. The molecular weight excluding hydrogens is 386 g/mol. The Kier molecular flexibility index (Phi) is 7.32. The Hall–Kier alpha value is -0.280. The van der Waals surface area contributed by atoms with Crippen molar-refractivity contribution in [2.45, 2.75) is 6.17 Å². The van der Waals surface area contributed by atoms with Gasteiger partial charge < -0.3 is 5.32 Å². The molecule has 0 saturated carbocycles. The van der Waals surface area contributed by atoms with Gasteiger partial charge in [0.2, 0.25) is 0 Å². The summed E-state index contributed by atoms with van der Waals surface area (Å²) >= 11 is 10.4. The average Bonchev–Trinajstić information content (AvgIpc) is 2.35. The molecule has 0 aromatic rings. The molecule has 1 atom stereocenters. The van der Waals surface area contributed by atoms with Gasteiger partial charge in [-0.25, -0.2) is 13.4 Å². The number of nitrogens with one attached hydrogen (secondary N) is 2. The fourth-order valence-corrected chi connectivity index (χ4v) is 3.88. The molecule has 0 amide bonds. The number of rotatable bonds is 7. The van der Waals surface area contributed by atoms with Crippen molar-refractivity contribution in [2.75, 3.05) is 18.6 Å². The first-order valence-electron chi connectivity index (χ1n) is 5.59. The maximum absolute atomic E-state index is 11.5. The average molecular weight is 401 g/mol. The van der Waals surface area contributed by atoms with Crippen molar-refractivity contribution in [3.63, 3.8) is 0 Å². The van der Waals surface area contributed by atoms with Gasteiger partial charge in [0.25, 0.3) is 0 Å². The summed E-state index contributed by atoms with van der Waals surface area (Å²) in [5.74, 6) is 0.587. The molecule has 112 valence electrons. The molecule has 20 heavy (non-hydrogen) atoms. The lowest BCUT2D eigenvalue weighted by atomic mass is 10.4. The van der Waals surface area contributed by atoms with Gasteiger partial charge in [-0.1, -0.05) is 28.6 Å². The van der Waals surface area contributed by atoms with Crippen molar-refractivity contribution in [1.82, 2.24) is 10.6 Å². The number of hydrogen-bond acceptors (Lipinski definition) is 6. The van der Waals surface area contributed by atoms with E-state index >= 15 is 0 Å². The van der Waals surface area contributed by atoms with Crippen LogP contribution in [0.15, 0.2) is 38.6 Å². The van der Waals surface area contributed by atoms with Crippen LogP contribution in [0.1, 0.15) is 0 Å². The van der Waals surface area contributed by atoms with Gasteiger partial charge in [-0.05, 0) is 17.7 Å². The summed E-state index contributed by atoms with van der Waals surface area (Å²) in [6, 6.07) is 0. The molecule has 0 bridgehead atoms. The Bertz CT molecular complexity index is 558. The largest absolute Gasteiger partial charge is 0.336 e. The van der Waals surface area contributed by atoms with Crippen LogP contribution in [0.25, 0.3) is 0 Å². The zero-order valence-electron chi connectivity index (χ0n) is 10.8. The van der Waals surface area contributed by atoms with Gasteiger partial charge >= 0.3 is 0 Å². The number of nitrogens with zero attached hydrogens (tertiary/aromatic N) is 1. The lowest BCUT2D eigenvalue weighted by Crippen LogP contribution is -2.35. The summed E-state index contributed by atoms with van der Waals surface area (Å²) in [7, 11) is -3.21. The van der Waals surface area contributed by atoms with Crippen molar-refractivity contribution in [3.05, 3.63) is 33.7 Å². The summed E-state index contributed by atoms with van der Waals surface area (Å²) in [5, 5.41) is 6.23. The van der Waals surface area contributed by atoms with Gasteiger partial charge in [-0.3, -0.25) is 5.32 Å². The van der Waals surface area contributed by atoms with Crippen LogP contribution in [0.2, 0.25) is 0 Å². The molecule has 0 aromatic heterocycles. The smallest absolute Gasteiger partial charge is 0.197 e. The third-order valence-corrected chi connectivity index (χ3v) is 5.96. The predicted octanol–water partition coefficient (Wildman–Crippen LogP) is 2.14. The number of hydrogen-bond donors (Lipinski definition) is 2. The fraction of sp³-hybridized carbons (Fsp3) is 0.364. The number of amidine groups is 1. The van der Waals surface area contributed by atoms with E-state index in [9.17, 15) is 8.42 Å². The number of allylic oxidation sites excluding steroid dienone is 2. The molecule has 1 heterocycles. The molecular formula is C11H15BrClN3O2S2. The highest BCUT2D eigenvalue weighted by atomic mass is 79.9. The Morgan fingerprint density at radius 3 is 3.05 bits per heavy atom. The maximum Gasteiger partial charge on any atom is 0.197 e. The van der Waals surface area contributed by atoms with Crippen molar-refractivity contribution >= 4 is 54.4 Å². The standard InChI is InChI=1S/C11H15BrClN3O2S2/c1-3-4-9(20(2,17)18)19-6-5-14-10-8(12)7-15-11(13)16-10/h3-4,7,10,14H,1,5-6H2,2H3,(H,15,16)/b9-4+. The minimum atomic E-state index is -3.21. The van der Waals surface area contributed by atoms with E-state index in [-0.39, 0.29) is 6.17 Å². The summed E-state index contributed by atoms with van der Waals surface area (Å²) < 4.78 is 24.1. The highest BCUT2D eigenvalue weighted by Crippen LogP contribution is 2.21. The lowest BCUT2D eigenvalue weighted by molar-refractivity contribution is 0.609. The molecule has 0 spiro atoms. The molecule has 0 radical (unpaired) electrons. The molecule has 0 saturated heterocycles. The SMILES string of the molecule is C=C/C=C(\SCCNC1N=C(Cl)NC=C1Br)S(C)(=O)=O. The van der Waals surface area contributed by atoms with E-state index in [0.717, 1.165) is 4.48 Å². The lowest BCUT2D eigenvalue weighted by Gasteiger charge is -2.18. The van der Waals surface area contributed by atoms with Crippen molar-refractivity contribution in [3.8, 4) is 0 Å². The molecule has 9 heteroatoms. The second-order valence-electron chi connectivity index (χ2n) is 3.79. The molecule has 0 aromatic carbocycles. The molecule has 1 rings (SSSR count). The Balaban J connectivity index is 2.45. The summed E-state index contributed by atoms with van der Waals surface area (Å²) in [6.07, 6.45) is 5.59. The van der Waals surface area contributed by atoms with Crippen LogP contribution in [0.4, 0.5) is 0 Å². The second kappa shape index (κ2) is 8.23. The van der Waals surface area contributed by atoms with Crippen LogP contribution >= 0.6 is 39.3 Å². The zero-order chi connectivity index (χ0) is 15.2. The number of thioether (sulfide) groups is 1. The highest BCUT2D eigenvalue weighted by molar-refractivity contribution is 9.11. The topological polar surface area (TPSA) is 70.6 Å². The maximum atomic E-state index is 11.5. The van der Waals surface area contributed by atoms with Crippen molar-refractivity contribution in [2.24, 2.45) is 4.99 Å². The second-order valence-corrected chi connectivity index (χ2v) is 8.45. The van der Waals surface area contributed by atoms with Gasteiger partial charge in [0.1, 0.15) is 6.17 Å². The van der Waals surface area contributed by atoms with E-state index in [1.807, 2.05) is 0 Å². The number of sulfone groups is 1. The van der Waals surface area contributed by atoms with Crippen molar-refractivity contribution < 1.29 is 8.42 Å². The third kappa shape index (κ3) is 6.01. The summed E-state index contributed by atoms with van der Waals surface area (Å²) in [5.41, 5.74) is 0. The van der Waals surface area contributed by atoms with E-state index in [0.29, 0.717) is 21.8 Å². The van der Waals surface area contributed by atoms with Crippen LogP contribution in [0.3, 0.4) is 0 Å². The van der Waals surface area contributed by atoms with Crippen LogP contribution in [-0.2, 0) is 9.84 Å². The molecule has 2 N–H and O–H groups in total. The quantitative estimate of drug-likeness (QED) is 0.389. The van der Waals surface area contributed by atoms with Gasteiger partial charge in [0.15, 0.2) is 15.1 Å². The molecule has 0 aliphatic carbocycles. The van der Waals surface area contributed by atoms with Crippen LogP contribution in [0.5, 0.6) is 0 Å². The Labute approximate surface area is 136 Å². The third-order valence-electron chi connectivity index (χ3n) is 2.14. The molecule has 5 nitrogen and oxygen atoms in total. The van der Waals surface area contributed by atoms with Crippen LogP contribution in [0, 0.1) is 0 Å². The normalized spacial score (nSPS) is 19.9. The zero-order valence-corrected chi connectivity index (χ0v) is 14.7. The minimum absolute atomic E-state index is 0.255. The summed E-state index contributed by atoms with van der Waals surface area (Å²) in [6.45, 7) is 4.09. The molecule has 1 aliphatic rings.